The lowest BCUT2D eigenvalue weighted by Crippen LogP contribution is -2.70. The van der Waals surface area contributed by atoms with Crippen LogP contribution >= 0.6 is 0 Å². The van der Waals surface area contributed by atoms with Gasteiger partial charge in [0.15, 0.2) is 6.17 Å². The van der Waals surface area contributed by atoms with Crippen molar-refractivity contribution in [1.29, 1.82) is 0 Å². The summed E-state index contributed by atoms with van der Waals surface area (Å²) in [5.41, 5.74) is 13.3. The van der Waals surface area contributed by atoms with Crippen molar-refractivity contribution >= 4 is 22.9 Å². The molecule has 4 aromatic carbocycles. The van der Waals surface area contributed by atoms with E-state index in [9.17, 15) is 0 Å². The first-order valence-corrected chi connectivity index (χ1v) is 14.8. The van der Waals surface area contributed by atoms with Crippen LogP contribution in [0, 0.1) is 0 Å². The summed E-state index contributed by atoms with van der Waals surface area (Å²) < 4.78 is 9.48. The predicted molar refractivity (Wildman–Crippen MR) is 164 cm³/mol. The maximum absolute atomic E-state index is 6.88. The van der Waals surface area contributed by atoms with Crippen molar-refractivity contribution < 1.29 is 9.30 Å². The first-order valence-electron chi connectivity index (χ1n) is 14.8. The standard InChI is InChI=1S/C37H27N4O/c1-36(2)25-13-6-11-23-21-9-4-5-10-22(21)24-12-8-18-40-34(24)41(32(23)25)33-26(36)16-17-29-31(33)37(40)30-27(14-7-15-28(30)42-29)39-20-19-38(3)35(37)39/h4-20,35H,1-3H3/q+1. The summed E-state index contributed by atoms with van der Waals surface area (Å²) in [7, 11) is 2.22. The van der Waals surface area contributed by atoms with Crippen LogP contribution in [0.5, 0.6) is 11.5 Å². The number of para-hydroxylation sites is 1. The minimum Gasteiger partial charge on any atom is -0.456 e. The molecule has 200 valence electrons. The topological polar surface area (TPSA) is 22.8 Å². The summed E-state index contributed by atoms with van der Waals surface area (Å²) in [6.07, 6.45) is 6.81. The van der Waals surface area contributed by atoms with E-state index in [4.69, 9.17) is 4.74 Å². The Hall–Kier alpha value is -5.03. The third kappa shape index (κ3) is 2.00. The molecule has 0 saturated heterocycles. The van der Waals surface area contributed by atoms with E-state index < -0.39 is 5.54 Å². The summed E-state index contributed by atoms with van der Waals surface area (Å²) in [6.45, 7) is 4.78. The number of hydrogen-bond acceptors (Lipinski definition) is 4. The zero-order valence-electron chi connectivity index (χ0n) is 23.6. The van der Waals surface area contributed by atoms with Crippen LogP contribution in [-0.4, -0.2) is 18.1 Å². The highest BCUT2D eigenvalue weighted by atomic mass is 16.5. The minimum absolute atomic E-state index is 0.0275. The number of aromatic nitrogens is 1. The maximum Gasteiger partial charge on any atom is 0.296 e. The summed E-state index contributed by atoms with van der Waals surface area (Å²) in [4.78, 5) is 7.43. The monoisotopic (exact) mass is 543 g/mol. The predicted octanol–water partition coefficient (Wildman–Crippen LogP) is 7.50. The number of ether oxygens (including phenoxy) is 1. The number of pyridine rings is 1. The fourth-order valence-electron chi connectivity index (χ4n) is 9.23. The molecule has 7 heterocycles. The average Bonchev–Trinajstić information content (AvgIpc) is 3.50. The van der Waals surface area contributed by atoms with Gasteiger partial charge in [0.05, 0.1) is 28.6 Å². The molecule has 6 aliphatic heterocycles. The zero-order valence-corrected chi connectivity index (χ0v) is 23.6. The number of hydrogen-bond donors (Lipinski definition) is 0. The third-order valence-corrected chi connectivity index (χ3v) is 10.8. The van der Waals surface area contributed by atoms with Crippen molar-refractivity contribution in [2.24, 2.45) is 0 Å². The van der Waals surface area contributed by atoms with E-state index >= 15 is 0 Å². The van der Waals surface area contributed by atoms with Crippen molar-refractivity contribution in [2.45, 2.75) is 31.0 Å². The smallest absolute Gasteiger partial charge is 0.296 e. The van der Waals surface area contributed by atoms with Gasteiger partial charge in [-0.1, -0.05) is 68.4 Å². The summed E-state index contributed by atoms with van der Waals surface area (Å²) in [5, 5.41) is 0. The Morgan fingerprint density at radius 1 is 0.690 bits per heavy atom. The molecular formula is C37H27N4O+. The van der Waals surface area contributed by atoms with Crippen LogP contribution in [0.15, 0.2) is 104 Å². The van der Waals surface area contributed by atoms with E-state index in [1.165, 1.54) is 67.4 Å². The highest BCUT2D eigenvalue weighted by Gasteiger charge is 2.70. The molecule has 0 aliphatic carbocycles. The second-order valence-electron chi connectivity index (χ2n) is 12.9. The Labute approximate surface area is 244 Å². The first-order chi connectivity index (χ1) is 20.5. The van der Waals surface area contributed by atoms with Crippen LogP contribution in [-0.2, 0) is 11.0 Å². The van der Waals surface area contributed by atoms with Crippen LogP contribution < -0.4 is 19.1 Å². The fourth-order valence-corrected chi connectivity index (χ4v) is 9.23. The molecule has 2 atom stereocenters. The number of benzene rings is 4. The molecule has 2 unspecified atom stereocenters. The molecule has 6 aliphatic rings. The van der Waals surface area contributed by atoms with Gasteiger partial charge in [0, 0.05) is 41.6 Å². The molecule has 1 aromatic heterocycles. The Kier molecular flexibility index (Phi) is 3.38. The van der Waals surface area contributed by atoms with Gasteiger partial charge in [-0.05, 0) is 41.5 Å². The van der Waals surface area contributed by atoms with E-state index in [2.05, 4.69) is 144 Å². The highest BCUT2D eigenvalue weighted by molar-refractivity contribution is 6.05. The first kappa shape index (κ1) is 21.7. The molecule has 0 saturated carbocycles. The molecule has 0 radical (unpaired) electrons. The number of likely N-dealkylation sites (N-methyl/N-ethyl adjacent to an activating group) is 1. The van der Waals surface area contributed by atoms with Crippen LogP contribution in [0.2, 0.25) is 0 Å². The summed E-state index contributed by atoms with van der Waals surface area (Å²) in [5.74, 6) is 3.12. The Morgan fingerprint density at radius 3 is 2.31 bits per heavy atom. The Balaban J connectivity index is 1.43. The van der Waals surface area contributed by atoms with Gasteiger partial charge in [-0.25, -0.2) is 4.57 Å². The number of anilines is 4. The van der Waals surface area contributed by atoms with E-state index in [-0.39, 0.29) is 11.6 Å². The molecule has 42 heavy (non-hydrogen) atoms. The van der Waals surface area contributed by atoms with Gasteiger partial charge in [0.2, 0.25) is 5.54 Å². The molecule has 11 rings (SSSR count). The van der Waals surface area contributed by atoms with E-state index in [0.29, 0.717) is 0 Å². The van der Waals surface area contributed by atoms with Crippen molar-refractivity contribution in [3.8, 4) is 33.8 Å². The molecule has 0 bridgehead atoms. The third-order valence-electron chi connectivity index (χ3n) is 10.8. The molecule has 0 N–H and O–H groups in total. The van der Waals surface area contributed by atoms with Gasteiger partial charge in [-0.15, -0.1) is 0 Å². The quantitative estimate of drug-likeness (QED) is 0.185. The Bertz CT molecular complexity index is 2160. The molecule has 5 aromatic rings. The van der Waals surface area contributed by atoms with Crippen LogP contribution in [0.1, 0.15) is 36.1 Å². The molecule has 1 spiro atoms. The van der Waals surface area contributed by atoms with Crippen molar-refractivity contribution in [3.05, 3.63) is 126 Å². The minimum atomic E-state index is -0.521. The van der Waals surface area contributed by atoms with Crippen molar-refractivity contribution in [2.75, 3.05) is 16.8 Å². The normalized spacial score (nSPS) is 22.6. The molecule has 5 heteroatoms. The molecule has 5 nitrogen and oxygen atoms in total. The lowest BCUT2D eigenvalue weighted by molar-refractivity contribution is -0.737. The SMILES string of the molecule is CN1C=CN2c3cccc4c3C3(c5c(ccc6c5N5c7c(cccc7C6(C)C)-c6ccccc6-c6ccc[n+]3c65)O4)C12. The zero-order chi connectivity index (χ0) is 27.7. The molecular weight excluding hydrogens is 516 g/mol. The number of rotatable bonds is 0. The van der Waals surface area contributed by atoms with E-state index in [1.807, 2.05) is 0 Å². The summed E-state index contributed by atoms with van der Waals surface area (Å²) in [6, 6.07) is 31.5. The van der Waals surface area contributed by atoms with Crippen LogP contribution in [0.4, 0.5) is 22.9 Å². The summed E-state index contributed by atoms with van der Waals surface area (Å²) >= 11 is 0. The van der Waals surface area contributed by atoms with Gasteiger partial charge in [0.1, 0.15) is 22.9 Å². The van der Waals surface area contributed by atoms with Crippen molar-refractivity contribution in [1.82, 2.24) is 4.90 Å². The van der Waals surface area contributed by atoms with Gasteiger partial charge >= 0.3 is 0 Å². The van der Waals surface area contributed by atoms with E-state index in [0.717, 1.165) is 11.5 Å². The largest absolute Gasteiger partial charge is 0.456 e. The fraction of sp³-hybridized carbons (Fsp3) is 0.162. The average molecular weight is 544 g/mol. The van der Waals surface area contributed by atoms with Gasteiger partial charge < -0.3 is 14.5 Å². The highest BCUT2D eigenvalue weighted by Crippen LogP contribution is 2.68. The maximum atomic E-state index is 6.88. The number of nitrogens with zero attached hydrogens (tertiary/aromatic N) is 4. The van der Waals surface area contributed by atoms with Gasteiger partial charge in [-0.3, -0.25) is 0 Å². The van der Waals surface area contributed by atoms with Crippen molar-refractivity contribution in [3.63, 3.8) is 0 Å². The number of fused-ring (bicyclic) bond motifs is 5. The van der Waals surface area contributed by atoms with Gasteiger partial charge in [0.25, 0.3) is 5.82 Å². The lowest BCUT2D eigenvalue weighted by Gasteiger charge is -2.49. The second kappa shape index (κ2) is 6.55. The van der Waals surface area contributed by atoms with Crippen LogP contribution in [0.25, 0.3) is 22.3 Å². The van der Waals surface area contributed by atoms with E-state index in [1.54, 1.807) is 0 Å². The Morgan fingerprint density at radius 2 is 1.43 bits per heavy atom. The second-order valence-corrected chi connectivity index (χ2v) is 12.9. The van der Waals surface area contributed by atoms with Gasteiger partial charge in [-0.2, -0.15) is 4.90 Å². The molecule has 0 amide bonds. The molecule has 0 fully saturated rings. The lowest BCUT2D eigenvalue weighted by atomic mass is 9.67. The van der Waals surface area contributed by atoms with Crippen LogP contribution in [0.3, 0.4) is 0 Å².